The molecule has 0 spiro atoms. The van der Waals surface area contributed by atoms with E-state index in [9.17, 15) is 4.79 Å². The second-order valence-electron chi connectivity index (χ2n) is 2.82. The number of ether oxygens (including phenoxy) is 4. The second kappa shape index (κ2) is 12.0. The highest BCUT2D eigenvalue weighted by Crippen LogP contribution is 1.82. The largest absolute Gasteiger partial charge is 0.463 e. The summed E-state index contributed by atoms with van der Waals surface area (Å²) in [6.07, 6.45) is 4.99. The number of carbonyl (C=O) groups excluding carboxylic acids is 1. The molecule has 0 aromatic carbocycles. The van der Waals surface area contributed by atoms with Crippen LogP contribution < -0.4 is 0 Å². The van der Waals surface area contributed by atoms with E-state index in [2.05, 4.69) is 10.7 Å². The minimum Gasteiger partial charge on any atom is -0.463 e. The Balaban J connectivity index is 2.94. The van der Waals surface area contributed by atoms with Crippen molar-refractivity contribution < 1.29 is 23.7 Å². The number of hydrogen-bond acceptors (Lipinski definition) is 5. The molecule has 5 nitrogen and oxygen atoms in total. The summed E-state index contributed by atoms with van der Waals surface area (Å²) in [7, 11) is 0. The molecular formula is C11H18O5. The van der Waals surface area contributed by atoms with Crippen LogP contribution in [0, 0.1) is 12.3 Å². The lowest BCUT2D eigenvalue weighted by atomic mass is 10.7. The molecule has 0 N–H and O–H groups in total. The van der Waals surface area contributed by atoms with Crippen molar-refractivity contribution in [2.24, 2.45) is 0 Å². The highest BCUT2D eigenvalue weighted by atomic mass is 16.6. The van der Waals surface area contributed by atoms with Crippen LogP contribution in [0.4, 0.5) is 0 Å². The quantitative estimate of drug-likeness (QED) is 0.305. The Bertz CT molecular complexity index is 209. The van der Waals surface area contributed by atoms with Crippen molar-refractivity contribution in [3.63, 3.8) is 0 Å². The maximum Gasteiger partial charge on any atom is 0.302 e. The maximum absolute atomic E-state index is 10.4. The van der Waals surface area contributed by atoms with Gasteiger partial charge in [-0.15, -0.1) is 6.42 Å². The second-order valence-corrected chi connectivity index (χ2v) is 2.82. The first kappa shape index (κ1) is 14.9. The molecule has 0 aliphatic heterocycles. The number of hydrogen-bond donors (Lipinski definition) is 0. The smallest absolute Gasteiger partial charge is 0.302 e. The maximum atomic E-state index is 10.4. The summed E-state index contributed by atoms with van der Waals surface area (Å²) in [5, 5.41) is 0. The van der Waals surface area contributed by atoms with Gasteiger partial charge >= 0.3 is 5.97 Å². The fourth-order valence-electron chi connectivity index (χ4n) is 0.815. The van der Waals surface area contributed by atoms with Gasteiger partial charge in [-0.05, 0) is 0 Å². The van der Waals surface area contributed by atoms with Crippen molar-refractivity contribution >= 4 is 5.97 Å². The molecular weight excluding hydrogens is 212 g/mol. The molecule has 0 saturated heterocycles. The summed E-state index contributed by atoms with van der Waals surface area (Å²) in [5.41, 5.74) is 0. The predicted octanol–water partition coefficient (Wildman–Crippen LogP) is 0.232. The van der Waals surface area contributed by atoms with Gasteiger partial charge in [-0.25, -0.2) is 0 Å². The molecule has 16 heavy (non-hydrogen) atoms. The molecule has 0 radical (unpaired) electrons. The predicted molar refractivity (Wildman–Crippen MR) is 57.9 cm³/mol. The first-order valence-corrected chi connectivity index (χ1v) is 5.07. The van der Waals surface area contributed by atoms with Gasteiger partial charge in [0.1, 0.15) is 13.2 Å². The summed E-state index contributed by atoms with van der Waals surface area (Å²) in [5.74, 6) is 2.06. The van der Waals surface area contributed by atoms with Crippen molar-refractivity contribution in [2.45, 2.75) is 6.92 Å². The van der Waals surface area contributed by atoms with E-state index in [0.717, 1.165) is 0 Å². The zero-order valence-corrected chi connectivity index (χ0v) is 9.57. The average molecular weight is 230 g/mol. The standard InChI is InChI=1S/C11H18O5/c1-3-4-13-5-6-14-7-8-15-9-10-16-11(2)12/h1H,4-10H2,2H3. The molecule has 0 aliphatic rings. The summed E-state index contributed by atoms with van der Waals surface area (Å²) < 4.78 is 20.0. The molecule has 0 aliphatic carbocycles. The number of esters is 1. The van der Waals surface area contributed by atoms with E-state index in [0.29, 0.717) is 39.6 Å². The van der Waals surface area contributed by atoms with Gasteiger partial charge in [-0.3, -0.25) is 4.79 Å². The fourth-order valence-corrected chi connectivity index (χ4v) is 0.815. The zero-order valence-electron chi connectivity index (χ0n) is 9.57. The van der Waals surface area contributed by atoms with Crippen LogP contribution in [0.3, 0.4) is 0 Å². The third-order valence-electron chi connectivity index (χ3n) is 1.46. The molecule has 0 fully saturated rings. The topological polar surface area (TPSA) is 54.0 Å². The zero-order chi connectivity index (χ0) is 12.1. The van der Waals surface area contributed by atoms with Crippen LogP contribution >= 0.6 is 0 Å². The van der Waals surface area contributed by atoms with E-state index < -0.39 is 0 Å². The van der Waals surface area contributed by atoms with Gasteiger partial charge in [0, 0.05) is 6.92 Å². The van der Waals surface area contributed by atoms with Crippen LogP contribution in [0.5, 0.6) is 0 Å². The van der Waals surface area contributed by atoms with Gasteiger partial charge in [-0.1, -0.05) is 5.92 Å². The van der Waals surface area contributed by atoms with Crippen molar-refractivity contribution in [2.75, 3.05) is 46.2 Å². The highest BCUT2D eigenvalue weighted by Gasteiger charge is 1.93. The van der Waals surface area contributed by atoms with Crippen LogP contribution in [0.1, 0.15) is 6.92 Å². The third kappa shape index (κ3) is 12.9. The van der Waals surface area contributed by atoms with E-state index >= 15 is 0 Å². The fraction of sp³-hybridized carbons (Fsp3) is 0.727. The summed E-state index contributed by atoms with van der Waals surface area (Å²) >= 11 is 0. The number of rotatable bonds is 10. The molecule has 0 aromatic heterocycles. The average Bonchev–Trinajstić information content (AvgIpc) is 2.25. The summed E-state index contributed by atoms with van der Waals surface area (Å²) in [6, 6.07) is 0. The Morgan fingerprint density at radius 3 is 2.00 bits per heavy atom. The van der Waals surface area contributed by atoms with Crippen LogP contribution in [-0.2, 0) is 23.7 Å². The van der Waals surface area contributed by atoms with E-state index in [4.69, 9.17) is 20.6 Å². The molecule has 0 heterocycles. The van der Waals surface area contributed by atoms with Crippen LogP contribution in [0.25, 0.3) is 0 Å². The van der Waals surface area contributed by atoms with Crippen LogP contribution in [0.15, 0.2) is 0 Å². The molecule has 0 bridgehead atoms. The van der Waals surface area contributed by atoms with E-state index in [1.54, 1.807) is 0 Å². The van der Waals surface area contributed by atoms with Crippen LogP contribution in [0.2, 0.25) is 0 Å². The van der Waals surface area contributed by atoms with Gasteiger partial charge in [-0.2, -0.15) is 0 Å². The Morgan fingerprint density at radius 2 is 1.50 bits per heavy atom. The SMILES string of the molecule is C#CCOCCOCCOCCOC(C)=O. The molecule has 0 amide bonds. The Kier molecular flexibility index (Phi) is 11.2. The lowest BCUT2D eigenvalue weighted by Crippen LogP contribution is -2.12. The molecule has 0 atom stereocenters. The summed E-state index contributed by atoms with van der Waals surface area (Å²) in [4.78, 5) is 10.4. The van der Waals surface area contributed by atoms with E-state index in [1.165, 1.54) is 6.92 Å². The van der Waals surface area contributed by atoms with Crippen molar-refractivity contribution in [3.8, 4) is 12.3 Å². The molecule has 5 heteroatoms. The minimum absolute atomic E-state index is 0.278. The third-order valence-corrected chi connectivity index (χ3v) is 1.46. The Labute approximate surface area is 96.0 Å². The van der Waals surface area contributed by atoms with Gasteiger partial charge < -0.3 is 18.9 Å². The van der Waals surface area contributed by atoms with E-state index in [1.807, 2.05) is 0 Å². The molecule has 0 saturated carbocycles. The van der Waals surface area contributed by atoms with E-state index in [-0.39, 0.29) is 12.6 Å². The van der Waals surface area contributed by atoms with Gasteiger partial charge in [0.25, 0.3) is 0 Å². The lowest BCUT2D eigenvalue weighted by molar-refractivity contribution is -0.142. The Hall–Kier alpha value is -1.09. The van der Waals surface area contributed by atoms with Gasteiger partial charge in [0.05, 0.1) is 33.0 Å². The first-order valence-electron chi connectivity index (χ1n) is 5.07. The monoisotopic (exact) mass is 230 g/mol. The molecule has 92 valence electrons. The molecule has 0 rings (SSSR count). The van der Waals surface area contributed by atoms with Crippen molar-refractivity contribution in [1.29, 1.82) is 0 Å². The van der Waals surface area contributed by atoms with Gasteiger partial charge in [0.15, 0.2) is 0 Å². The molecule has 0 unspecified atom stereocenters. The number of carbonyl (C=O) groups is 1. The Morgan fingerprint density at radius 1 is 1.00 bits per heavy atom. The lowest BCUT2D eigenvalue weighted by Gasteiger charge is -2.05. The number of terminal acetylenes is 1. The van der Waals surface area contributed by atoms with Gasteiger partial charge in [0.2, 0.25) is 0 Å². The van der Waals surface area contributed by atoms with Crippen molar-refractivity contribution in [3.05, 3.63) is 0 Å². The molecule has 0 aromatic rings. The van der Waals surface area contributed by atoms with Crippen LogP contribution in [-0.4, -0.2) is 52.2 Å². The minimum atomic E-state index is -0.300. The summed E-state index contributed by atoms with van der Waals surface area (Å²) in [6.45, 7) is 4.27. The highest BCUT2D eigenvalue weighted by molar-refractivity contribution is 5.65. The van der Waals surface area contributed by atoms with Crippen molar-refractivity contribution in [1.82, 2.24) is 0 Å². The normalized spacial score (nSPS) is 9.75. The first-order chi connectivity index (χ1) is 7.77.